The van der Waals surface area contributed by atoms with Crippen LogP contribution in [-0.4, -0.2) is 23.7 Å². The Morgan fingerprint density at radius 1 is 1.22 bits per heavy atom. The molecule has 3 aliphatic rings. The van der Waals surface area contributed by atoms with E-state index in [0.29, 0.717) is 18.1 Å². The second-order valence-corrected chi connectivity index (χ2v) is 5.19. The topological polar surface area (TPSA) is 74.8 Å². The molecule has 7 heteroatoms. The third-order valence-electron chi connectivity index (χ3n) is 3.92. The Morgan fingerprint density at radius 3 is 2.56 bits per heavy atom. The highest BCUT2D eigenvalue weighted by Crippen LogP contribution is 2.43. The molecule has 0 aromatic heterocycles. The molecule has 2 fully saturated rings. The summed E-state index contributed by atoms with van der Waals surface area (Å²) in [6.07, 6.45) is 9.78. The fourth-order valence-corrected chi connectivity index (χ4v) is 2.71. The largest absolute Gasteiger partial charge is 0.328 e. The first-order valence-electron chi connectivity index (χ1n) is 6.15. The van der Waals surface area contributed by atoms with Crippen molar-refractivity contribution in [2.45, 2.75) is 55.8 Å². The van der Waals surface area contributed by atoms with Gasteiger partial charge in [-0.05, 0) is 38.2 Å². The van der Waals surface area contributed by atoms with Crippen LogP contribution in [-0.2, 0) is 0 Å². The molecular formula is C11H21Cl2N5. The molecule has 0 radical (unpaired) electrons. The monoisotopic (exact) mass is 293 g/mol. The maximum Gasteiger partial charge on any atom is 0.120 e. The lowest BCUT2D eigenvalue weighted by atomic mass is 9.92. The van der Waals surface area contributed by atoms with Crippen molar-refractivity contribution in [1.82, 2.24) is 10.7 Å². The number of nitrogens with two attached hydrogens (primary N) is 1. The minimum atomic E-state index is -0.0369. The fourth-order valence-electron chi connectivity index (χ4n) is 2.71. The van der Waals surface area contributed by atoms with E-state index in [1.54, 1.807) is 0 Å². The van der Waals surface area contributed by atoms with E-state index < -0.39 is 0 Å². The molecule has 1 aliphatic heterocycles. The van der Waals surface area contributed by atoms with Crippen molar-refractivity contribution in [1.29, 1.82) is 0 Å². The van der Waals surface area contributed by atoms with E-state index in [1.165, 1.54) is 12.8 Å². The summed E-state index contributed by atoms with van der Waals surface area (Å²) in [5.74, 6) is 0. The lowest BCUT2D eigenvalue weighted by molar-refractivity contribution is 0.336. The summed E-state index contributed by atoms with van der Waals surface area (Å²) in [5.41, 5.74) is 8.61. The normalized spacial score (nSPS) is 40.6. The van der Waals surface area contributed by atoms with Gasteiger partial charge in [0.2, 0.25) is 0 Å². The van der Waals surface area contributed by atoms with Crippen LogP contribution in [0, 0.1) is 0 Å². The molecule has 2 atom stereocenters. The number of hydrogen-bond donors (Lipinski definition) is 3. The van der Waals surface area contributed by atoms with Crippen molar-refractivity contribution in [3.8, 4) is 0 Å². The van der Waals surface area contributed by atoms with Crippen LogP contribution >= 0.6 is 24.8 Å². The highest BCUT2D eigenvalue weighted by Gasteiger charge is 2.54. The molecule has 2 saturated carbocycles. The Hall–Kier alpha value is -0.360. The van der Waals surface area contributed by atoms with Gasteiger partial charge in [-0.1, -0.05) is 5.22 Å². The smallest absolute Gasteiger partial charge is 0.120 e. The molecule has 2 aliphatic carbocycles. The first-order valence-corrected chi connectivity index (χ1v) is 6.15. The van der Waals surface area contributed by atoms with Gasteiger partial charge < -0.3 is 11.1 Å². The minimum Gasteiger partial charge on any atom is -0.328 e. The van der Waals surface area contributed by atoms with Crippen LogP contribution in [0.5, 0.6) is 0 Å². The second kappa shape index (κ2) is 6.19. The van der Waals surface area contributed by atoms with Gasteiger partial charge in [0.05, 0.1) is 0 Å². The summed E-state index contributed by atoms with van der Waals surface area (Å²) in [5, 5.41) is 11.8. The molecule has 0 aromatic carbocycles. The average molecular weight is 294 g/mol. The molecule has 18 heavy (non-hydrogen) atoms. The molecular weight excluding hydrogens is 273 g/mol. The lowest BCUT2D eigenvalue weighted by Gasteiger charge is -2.27. The Balaban J connectivity index is 0.000000810. The molecule has 0 unspecified atom stereocenters. The second-order valence-electron chi connectivity index (χ2n) is 5.19. The van der Waals surface area contributed by atoms with Gasteiger partial charge in [0, 0.05) is 24.3 Å². The van der Waals surface area contributed by atoms with Crippen LogP contribution in [0.15, 0.2) is 22.6 Å². The molecule has 0 aromatic rings. The van der Waals surface area contributed by atoms with Crippen LogP contribution in [0.3, 0.4) is 0 Å². The predicted octanol–water partition coefficient (Wildman–Crippen LogP) is 1.68. The molecule has 0 amide bonds. The zero-order chi connectivity index (χ0) is 11.0. The van der Waals surface area contributed by atoms with Gasteiger partial charge in [-0.2, -0.15) is 5.11 Å². The summed E-state index contributed by atoms with van der Waals surface area (Å²) < 4.78 is 0. The van der Waals surface area contributed by atoms with Crippen LogP contribution in [0.25, 0.3) is 0 Å². The third-order valence-corrected chi connectivity index (χ3v) is 3.92. The van der Waals surface area contributed by atoms with Crippen LogP contribution in [0.2, 0.25) is 0 Å². The van der Waals surface area contributed by atoms with Gasteiger partial charge in [-0.25, -0.2) is 0 Å². The molecule has 4 N–H and O–H groups in total. The SMILES string of the molecule is Cl.Cl.NC1CCC(N[C@@H]2C[C@]23C=CNN=N3)CC1. The van der Waals surface area contributed by atoms with E-state index in [2.05, 4.69) is 27.2 Å². The average Bonchev–Trinajstić information content (AvgIpc) is 2.95. The Bertz CT molecular complexity index is 313. The van der Waals surface area contributed by atoms with Crippen molar-refractivity contribution < 1.29 is 0 Å². The van der Waals surface area contributed by atoms with E-state index >= 15 is 0 Å². The van der Waals surface area contributed by atoms with Crippen LogP contribution < -0.4 is 16.5 Å². The summed E-state index contributed by atoms with van der Waals surface area (Å²) in [7, 11) is 0. The summed E-state index contributed by atoms with van der Waals surface area (Å²) >= 11 is 0. The lowest BCUT2D eigenvalue weighted by Crippen LogP contribution is -2.40. The molecule has 0 bridgehead atoms. The van der Waals surface area contributed by atoms with Gasteiger partial charge in [0.15, 0.2) is 0 Å². The predicted molar refractivity (Wildman–Crippen MR) is 76.1 cm³/mol. The molecule has 1 spiro atoms. The Labute approximate surface area is 120 Å². The number of nitrogens with zero attached hydrogens (tertiary/aromatic N) is 2. The van der Waals surface area contributed by atoms with Gasteiger partial charge in [-0.3, -0.25) is 5.43 Å². The van der Waals surface area contributed by atoms with E-state index in [0.717, 1.165) is 19.3 Å². The van der Waals surface area contributed by atoms with E-state index in [-0.39, 0.29) is 30.4 Å². The quantitative estimate of drug-likeness (QED) is 0.725. The van der Waals surface area contributed by atoms with Crippen molar-refractivity contribution >= 4 is 24.8 Å². The summed E-state index contributed by atoms with van der Waals surface area (Å²) in [4.78, 5) is 0. The van der Waals surface area contributed by atoms with Gasteiger partial charge in [0.1, 0.15) is 5.54 Å². The Kier molecular flexibility index (Phi) is 5.40. The maximum absolute atomic E-state index is 5.90. The molecule has 3 rings (SSSR count). The zero-order valence-electron chi connectivity index (χ0n) is 10.2. The third kappa shape index (κ3) is 3.15. The van der Waals surface area contributed by atoms with Crippen molar-refractivity contribution in [3.63, 3.8) is 0 Å². The first kappa shape index (κ1) is 15.7. The number of rotatable bonds is 2. The van der Waals surface area contributed by atoms with Gasteiger partial charge in [0.25, 0.3) is 0 Å². The zero-order valence-corrected chi connectivity index (χ0v) is 11.8. The van der Waals surface area contributed by atoms with E-state index in [1.807, 2.05) is 6.20 Å². The molecule has 5 nitrogen and oxygen atoms in total. The standard InChI is InChI=1S/C11H19N5.2ClH/c12-8-1-3-9(4-2-8)14-10-7-11(10)5-6-13-16-15-11;;/h5-6,8-10,14H,1-4,7,12H2,(H,13,15);2*1H/t8?,9?,10-,11-;;/m1../s1. The van der Waals surface area contributed by atoms with Crippen molar-refractivity contribution in [2.75, 3.05) is 0 Å². The minimum absolute atomic E-state index is 0. The molecule has 1 heterocycles. The van der Waals surface area contributed by atoms with E-state index in [4.69, 9.17) is 5.73 Å². The van der Waals surface area contributed by atoms with E-state index in [9.17, 15) is 0 Å². The van der Waals surface area contributed by atoms with Crippen molar-refractivity contribution in [3.05, 3.63) is 12.3 Å². The van der Waals surface area contributed by atoms with Crippen LogP contribution in [0.1, 0.15) is 32.1 Å². The van der Waals surface area contributed by atoms with Crippen molar-refractivity contribution in [2.24, 2.45) is 16.1 Å². The van der Waals surface area contributed by atoms with Gasteiger partial charge in [-0.15, -0.1) is 24.8 Å². The first-order chi connectivity index (χ1) is 7.78. The van der Waals surface area contributed by atoms with Gasteiger partial charge >= 0.3 is 0 Å². The number of halogens is 2. The Morgan fingerprint density at radius 2 is 1.94 bits per heavy atom. The maximum atomic E-state index is 5.90. The molecule has 104 valence electrons. The fraction of sp³-hybridized carbons (Fsp3) is 0.818. The summed E-state index contributed by atoms with van der Waals surface area (Å²) in [6.45, 7) is 0. The number of nitrogens with one attached hydrogen (secondary N) is 2. The highest BCUT2D eigenvalue weighted by atomic mass is 35.5. The highest BCUT2D eigenvalue weighted by molar-refractivity contribution is 5.85. The van der Waals surface area contributed by atoms with Crippen LogP contribution in [0.4, 0.5) is 0 Å². The summed E-state index contributed by atoms with van der Waals surface area (Å²) in [6, 6.07) is 1.53. The number of hydrogen-bond acceptors (Lipinski definition) is 5. The molecule has 0 saturated heterocycles.